The SMILES string of the molecule is CC(C)N(CCNC(=O)C1(CN)CCOCC1)C(C)C.Cl.Cl. The Balaban J connectivity index is 0. The largest absolute Gasteiger partial charge is 0.381 e. The van der Waals surface area contributed by atoms with Crippen molar-refractivity contribution in [2.45, 2.75) is 52.6 Å². The quantitative estimate of drug-likeness (QED) is 0.729. The maximum atomic E-state index is 12.4. The van der Waals surface area contributed by atoms with E-state index in [1.165, 1.54) is 0 Å². The minimum Gasteiger partial charge on any atom is -0.381 e. The summed E-state index contributed by atoms with van der Waals surface area (Å²) in [6.45, 7) is 12.0. The molecule has 0 unspecified atom stereocenters. The van der Waals surface area contributed by atoms with E-state index in [9.17, 15) is 4.79 Å². The highest BCUT2D eigenvalue weighted by Gasteiger charge is 2.38. The van der Waals surface area contributed by atoms with E-state index in [-0.39, 0.29) is 30.7 Å². The summed E-state index contributed by atoms with van der Waals surface area (Å²) < 4.78 is 5.34. The number of amides is 1. The molecule has 0 radical (unpaired) electrons. The van der Waals surface area contributed by atoms with Crippen molar-refractivity contribution < 1.29 is 9.53 Å². The molecule has 0 spiro atoms. The Kier molecular flexibility index (Phi) is 12.6. The topological polar surface area (TPSA) is 67.6 Å². The van der Waals surface area contributed by atoms with Crippen LogP contribution in [0.1, 0.15) is 40.5 Å². The van der Waals surface area contributed by atoms with E-state index < -0.39 is 5.41 Å². The third-order valence-electron chi connectivity index (χ3n) is 4.30. The van der Waals surface area contributed by atoms with E-state index in [1.807, 2.05) is 0 Å². The summed E-state index contributed by atoms with van der Waals surface area (Å²) in [4.78, 5) is 14.8. The predicted octanol–water partition coefficient (Wildman–Crippen LogP) is 1.82. The minimum absolute atomic E-state index is 0. The summed E-state index contributed by atoms with van der Waals surface area (Å²) in [6, 6.07) is 0.969. The highest BCUT2D eigenvalue weighted by Crippen LogP contribution is 2.29. The van der Waals surface area contributed by atoms with Gasteiger partial charge in [-0.05, 0) is 40.5 Å². The third kappa shape index (κ3) is 6.59. The number of rotatable bonds is 7. The fourth-order valence-corrected chi connectivity index (χ4v) is 2.88. The van der Waals surface area contributed by atoms with Crippen molar-refractivity contribution in [3.63, 3.8) is 0 Å². The van der Waals surface area contributed by atoms with Crippen molar-refractivity contribution in [2.75, 3.05) is 32.8 Å². The molecule has 1 aliphatic rings. The second kappa shape index (κ2) is 11.5. The van der Waals surface area contributed by atoms with Crippen LogP contribution in [0.25, 0.3) is 0 Å². The summed E-state index contributed by atoms with van der Waals surface area (Å²) in [6.07, 6.45) is 1.46. The first kappa shape index (κ1) is 24.2. The summed E-state index contributed by atoms with van der Waals surface area (Å²) in [7, 11) is 0. The van der Waals surface area contributed by atoms with Gasteiger partial charge in [-0.1, -0.05) is 0 Å². The van der Waals surface area contributed by atoms with Crippen LogP contribution in [-0.2, 0) is 9.53 Å². The number of halogens is 2. The Bertz CT molecular complexity index is 301. The lowest BCUT2D eigenvalue weighted by Crippen LogP contribution is -2.51. The zero-order chi connectivity index (χ0) is 15.2. The monoisotopic (exact) mass is 357 g/mol. The van der Waals surface area contributed by atoms with Gasteiger partial charge in [0.15, 0.2) is 0 Å². The van der Waals surface area contributed by atoms with Gasteiger partial charge in [0.05, 0.1) is 5.41 Å². The molecule has 22 heavy (non-hydrogen) atoms. The van der Waals surface area contributed by atoms with Gasteiger partial charge in [0.25, 0.3) is 0 Å². The molecule has 0 bridgehead atoms. The summed E-state index contributed by atoms with van der Waals surface area (Å²) in [5.74, 6) is 0.0933. The highest BCUT2D eigenvalue weighted by molar-refractivity contribution is 5.85. The Morgan fingerprint density at radius 1 is 1.18 bits per heavy atom. The third-order valence-corrected chi connectivity index (χ3v) is 4.30. The van der Waals surface area contributed by atoms with E-state index >= 15 is 0 Å². The van der Waals surface area contributed by atoms with E-state index in [4.69, 9.17) is 10.5 Å². The molecular formula is C15H33Cl2N3O2. The van der Waals surface area contributed by atoms with Crippen LogP contribution >= 0.6 is 24.8 Å². The van der Waals surface area contributed by atoms with Gasteiger partial charge in [-0.25, -0.2) is 0 Å². The van der Waals surface area contributed by atoms with Crippen LogP contribution in [0.4, 0.5) is 0 Å². The van der Waals surface area contributed by atoms with Gasteiger partial charge in [-0.2, -0.15) is 0 Å². The normalized spacial score (nSPS) is 17.1. The van der Waals surface area contributed by atoms with E-state index in [1.54, 1.807) is 0 Å². The molecule has 1 saturated heterocycles. The molecule has 0 atom stereocenters. The standard InChI is InChI=1S/C15H31N3O2.2ClH/c1-12(2)18(13(3)4)8-7-17-14(19)15(11-16)5-9-20-10-6-15;;/h12-13H,5-11,16H2,1-4H3,(H,17,19);2*1H. The molecule has 3 N–H and O–H groups in total. The Labute approximate surface area is 147 Å². The maximum Gasteiger partial charge on any atom is 0.227 e. The van der Waals surface area contributed by atoms with Crippen LogP contribution < -0.4 is 11.1 Å². The smallest absolute Gasteiger partial charge is 0.227 e. The van der Waals surface area contributed by atoms with Crippen LogP contribution in [-0.4, -0.2) is 55.7 Å². The Hall–Kier alpha value is -0.0700. The summed E-state index contributed by atoms with van der Waals surface area (Å²) in [5, 5.41) is 3.07. The number of hydrogen-bond donors (Lipinski definition) is 2. The van der Waals surface area contributed by atoms with Gasteiger partial charge in [0.2, 0.25) is 5.91 Å². The molecule has 134 valence electrons. The molecule has 7 heteroatoms. The number of carbonyl (C=O) groups is 1. The molecule has 0 aromatic heterocycles. The average molecular weight is 358 g/mol. The molecule has 1 fully saturated rings. The molecule has 0 aliphatic carbocycles. The Morgan fingerprint density at radius 2 is 1.68 bits per heavy atom. The molecule has 1 rings (SSSR count). The lowest BCUT2D eigenvalue weighted by Gasteiger charge is -2.35. The highest BCUT2D eigenvalue weighted by atomic mass is 35.5. The second-order valence-electron chi connectivity index (χ2n) is 6.28. The minimum atomic E-state index is -0.418. The molecule has 5 nitrogen and oxygen atoms in total. The van der Waals surface area contributed by atoms with Gasteiger partial charge in [-0.15, -0.1) is 24.8 Å². The van der Waals surface area contributed by atoms with Crippen molar-refractivity contribution in [1.82, 2.24) is 10.2 Å². The predicted molar refractivity (Wildman–Crippen MR) is 96.0 cm³/mol. The number of ether oxygens (including phenoxy) is 1. The van der Waals surface area contributed by atoms with Crippen LogP contribution in [0, 0.1) is 5.41 Å². The van der Waals surface area contributed by atoms with Crippen molar-refractivity contribution in [3.05, 3.63) is 0 Å². The van der Waals surface area contributed by atoms with E-state index in [2.05, 4.69) is 37.9 Å². The van der Waals surface area contributed by atoms with Crippen molar-refractivity contribution in [3.8, 4) is 0 Å². The molecule has 0 aromatic rings. The number of nitrogens with one attached hydrogen (secondary N) is 1. The fourth-order valence-electron chi connectivity index (χ4n) is 2.88. The summed E-state index contributed by atoms with van der Waals surface area (Å²) >= 11 is 0. The summed E-state index contributed by atoms with van der Waals surface area (Å²) in [5.41, 5.74) is 5.42. The molecule has 1 heterocycles. The average Bonchev–Trinajstić information content (AvgIpc) is 2.43. The molecule has 1 amide bonds. The molecule has 0 aromatic carbocycles. The first-order chi connectivity index (χ1) is 9.43. The zero-order valence-electron chi connectivity index (χ0n) is 14.3. The number of nitrogens with two attached hydrogens (primary N) is 1. The van der Waals surface area contributed by atoms with Gasteiger partial charge >= 0.3 is 0 Å². The van der Waals surface area contributed by atoms with Gasteiger partial charge < -0.3 is 15.8 Å². The zero-order valence-corrected chi connectivity index (χ0v) is 15.9. The lowest BCUT2D eigenvalue weighted by atomic mass is 9.79. The van der Waals surface area contributed by atoms with Crippen LogP contribution in [0.5, 0.6) is 0 Å². The molecule has 1 aliphatic heterocycles. The van der Waals surface area contributed by atoms with Crippen LogP contribution in [0.2, 0.25) is 0 Å². The maximum absolute atomic E-state index is 12.4. The first-order valence-corrected chi connectivity index (χ1v) is 7.75. The first-order valence-electron chi connectivity index (χ1n) is 7.75. The molecule has 0 saturated carbocycles. The van der Waals surface area contributed by atoms with Crippen LogP contribution in [0.15, 0.2) is 0 Å². The van der Waals surface area contributed by atoms with Crippen molar-refractivity contribution >= 4 is 30.7 Å². The van der Waals surface area contributed by atoms with E-state index in [0.29, 0.717) is 38.4 Å². The molecular weight excluding hydrogens is 325 g/mol. The number of carbonyl (C=O) groups excluding carboxylic acids is 1. The number of hydrogen-bond acceptors (Lipinski definition) is 4. The second-order valence-corrected chi connectivity index (χ2v) is 6.28. The Morgan fingerprint density at radius 3 is 2.09 bits per heavy atom. The lowest BCUT2D eigenvalue weighted by molar-refractivity contribution is -0.136. The van der Waals surface area contributed by atoms with Gasteiger partial charge in [0.1, 0.15) is 0 Å². The van der Waals surface area contributed by atoms with Gasteiger partial charge in [0, 0.05) is 44.9 Å². The fraction of sp³-hybridized carbons (Fsp3) is 0.933. The van der Waals surface area contributed by atoms with Gasteiger partial charge in [-0.3, -0.25) is 9.69 Å². The van der Waals surface area contributed by atoms with E-state index in [0.717, 1.165) is 19.4 Å². The van der Waals surface area contributed by atoms with Crippen molar-refractivity contribution in [1.29, 1.82) is 0 Å². The number of nitrogens with zero attached hydrogens (tertiary/aromatic N) is 1. The van der Waals surface area contributed by atoms with Crippen molar-refractivity contribution in [2.24, 2.45) is 11.1 Å². The van der Waals surface area contributed by atoms with Crippen LogP contribution in [0.3, 0.4) is 0 Å².